The second-order valence-electron chi connectivity index (χ2n) is 4.32. The summed E-state index contributed by atoms with van der Waals surface area (Å²) in [7, 11) is 0. The van der Waals surface area contributed by atoms with Gasteiger partial charge in [0.25, 0.3) is 5.91 Å². The molecule has 1 aliphatic rings. The lowest BCUT2D eigenvalue weighted by Crippen LogP contribution is -2.50. The number of nitrogens with zero attached hydrogens (tertiary/aromatic N) is 3. The molecule has 0 saturated carbocycles. The molecule has 0 aliphatic carbocycles. The number of oxime groups is 1. The summed E-state index contributed by atoms with van der Waals surface area (Å²) in [5.41, 5.74) is 6.86. The first-order valence-corrected chi connectivity index (χ1v) is 5.92. The summed E-state index contributed by atoms with van der Waals surface area (Å²) in [6, 6.07) is 3.40. The van der Waals surface area contributed by atoms with E-state index in [0.717, 1.165) is 5.69 Å². The summed E-state index contributed by atoms with van der Waals surface area (Å²) in [5.74, 6) is -0.132. The van der Waals surface area contributed by atoms with E-state index < -0.39 is 6.10 Å². The third-order valence-electron chi connectivity index (χ3n) is 2.94. The van der Waals surface area contributed by atoms with Crippen LogP contribution in [0.25, 0.3) is 0 Å². The fourth-order valence-electron chi connectivity index (χ4n) is 1.94. The predicted octanol–water partition coefficient (Wildman–Crippen LogP) is -0.0226. The number of nitrogens with two attached hydrogens (primary N) is 1. The van der Waals surface area contributed by atoms with Crippen molar-refractivity contribution in [3.63, 3.8) is 0 Å². The quantitative estimate of drug-likeness (QED) is 0.338. The minimum Gasteiger partial charge on any atom is -0.409 e. The molecule has 1 amide bonds. The molecule has 1 saturated heterocycles. The normalized spacial score (nSPS) is 20.4. The van der Waals surface area contributed by atoms with Crippen molar-refractivity contribution in [2.75, 3.05) is 19.7 Å². The number of aryl methyl sites for hydroxylation is 1. The number of rotatable bonds is 2. The third kappa shape index (κ3) is 3.00. The van der Waals surface area contributed by atoms with Crippen LogP contribution in [0.15, 0.2) is 23.5 Å². The molecular weight excluding hydrogens is 248 g/mol. The van der Waals surface area contributed by atoms with Gasteiger partial charge in [0, 0.05) is 24.0 Å². The molecule has 2 rings (SSSR count). The Labute approximate surface area is 110 Å². The Morgan fingerprint density at radius 1 is 1.68 bits per heavy atom. The molecule has 0 bridgehead atoms. The van der Waals surface area contributed by atoms with E-state index in [2.05, 4.69) is 10.1 Å². The summed E-state index contributed by atoms with van der Waals surface area (Å²) in [6.07, 6.45) is 1.04. The van der Waals surface area contributed by atoms with Gasteiger partial charge in [-0.15, -0.1) is 0 Å². The molecule has 7 nitrogen and oxygen atoms in total. The van der Waals surface area contributed by atoms with Crippen molar-refractivity contribution in [1.29, 1.82) is 0 Å². The molecule has 7 heteroatoms. The van der Waals surface area contributed by atoms with Crippen molar-refractivity contribution >= 4 is 11.7 Å². The lowest BCUT2D eigenvalue weighted by molar-refractivity contribution is 0.00675. The van der Waals surface area contributed by atoms with Crippen molar-refractivity contribution in [1.82, 2.24) is 9.88 Å². The first-order chi connectivity index (χ1) is 9.11. The van der Waals surface area contributed by atoms with Crippen LogP contribution in [0.5, 0.6) is 0 Å². The minimum absolute atomic E-state index is 0.0246. The zero-order valence-electron chi connectivity index (χ0n) is 10.6. The van der Waals surface area contributed by atoms with Crippen molar-refractivity contribution in [2.24, 2.45) is 10.9 Å². The van der Waals surface area contributed by atoms with Crippen LogP contribution >= 0.6 is 0 Å². The average molecular weight is 264 g/mol. The zero-order valence-corrected chi connectivity index (χ0v) is 10.6. The first kappa shape index (κ1) is 13.3. The molecule has 1 aromatic rings. The number of carbonyl (C=O) groups is 1. The SMILES string of the molecule is Cc1cc(C(=O)N2CCOC(/C(N)=N/O)C2)ccn1. The molecule has 1 aromatic heterocycles. The Morgan fingerprint density at radius 2 is 2.47 bits per heavy atom. The van der Waals surface area contributed by atoms with E-state index in [1.165, 1.54) is 0 Å². The molecule has 3 N–H and O–H groups in total. The van der Waals surface area contributed by atoms with E-state index in [1.807, 2.05) is 6.92 Å². The molecular formula is C12H16N4O3. The monoisotopic (exact) mass is 264 g/mol. The molecule has 2 heterocycles. The van der Waals surface area contributed by atoms with Crippen LogP contribution in [-0.4, -0.2) is 52.6 Å². The molecule has 1 fully saturated rings. The van der Waals surface area contributed by atoms with Gasteiger partial charge in [0.05, 0.1) is 13.2 Å². The summed E-state index contributed by atoms with van der Waals surface area (Å²) < 4.78 is 5.35. The maximum Gasteiger partial charge on any atom is 0.254 e. The van der Waals surface area contributed by atoms with Gasteiger partial charge in [-0.1, -0.05) is 5.16 Å². The van der Waals surface area contributed by atoms with E-state index in [9.17, 15) is 4.79 Å². The third-order valence-corrected chi connectivity index (χ3v) is 2.94. The topological polar surface area (TPSA) is 101 Å². The molecule has 1 aliphatic heterocycles. The lowest BCUT2D eigenvalue weighted by Gasteiger charge is -2.32. The summed E-state index contributed by atoms with van der Waals surface area (Å²) in [4.78, 5) is 18.0. The fraction of sp³-hybridized carbons (Fsp3) is 0.417. The zero-order chi connectivity index (χ0) is 13.8. The van der Waals surface area contributed by atoms with E-state index in [-0.39, 0.29) is 18.3 Å². The van der Waals surface area contributed by atoms with Crippen LogP contribution in [0.2, 0.25) is 0 Å². The van der Waals surface area contributed by atoms with Gasteiger partial charge in [-0.05, 0) is 19.1 Å². The van der Waals surface area contributed by atoms with Gasteiger partial charge in [-0.3, -0.25) is 9.78 Å². The fourth-order valence-corrected chi connectivity index (χ4v) is 1.94. The van der Waals surface area contributed by atoms with Gasteiger partial charge in [0.2, 0.25) is 0 Å². The first-order valence-electron chi connectivity index (χ1n) is 5.92. The van der Waals surface area contributed by atoms with E-state index in [4.69, 9.17) is 15.7 Å². The molecule has 0 aromatic carbocycles. The number of amides is 1. The van der Waals surface area contributed by atoms with Crippen LogP contribution in [0.3, 0.4) is 0 Å². The molecule has 0 spiro atoms. The van der Waals surface area contributed by atoms with Gasteiger partial charge >= 0.3 is 0 Å². The maximum atomic E-state index is 12.3. The Morgan fingerprint density at radius 3 is 3.16 bits per heavy atom. The number of hydrogen-bond donors (Lipinski definition) is 2. The molecule has 19 heavy (non-hydrogen) atoms. The van der Waals surface area contributed by atoms with Gasteiger partial charge < -0.3 is 20.6 Å². The van der Waals surface area contributed by atoms with Crippen molar-refractivity contribution in [2.45, 2.75) is 13.0 Å². The number of amidine groups is 1. The van der Waals surface area contributed by atoms with E-state index in [1.54, 1.807) is 23.2 Å². The number of carbonyl (C=O) groups excluding carboxylic acids is 1. The summed E-state index contributed by atoms with van der Waals surface area (Å²) >= 11 is 0. The van der Waals surface area contributed by atoms with Gasteiger partial charge in [-0.25, -0.2) is 0 Å². The second-order valence-corrected chi connectivity index (χ2v) is 4.32. The maximum absolute atomic E-state index is 12.3. The smallest absolute Gasteiger partial charge is 0.254 e. The van der Waals surface area contributed by atoms with Crippen molar-refractivity contribution in [3.8, 4) is 0 Å². The Hall–Kier alpha value is -2.15. The van der Waals surface area contributed by atoms with Crippen LogP contribution in [0.1, 0.15) is 16.1 Å². The van der Waals surface area contributed by atoms with Crippen molar-refractivity contribution < 1.29 is 14.7 Å². The van der Waals surface area contributed by atoms with Crippen LogP contribution in [-0.2, 0) is 4.74 Å². The standard InChI is InChI=1S/C12H16N4O3/c1-8-6-9(2-3-14-8)12(17)16-4-5-19-10(7-16)11(13)15-18/h2-3,6,10,18H,4-5,7H2,1H3,(H2,13,15). The minimum atomic E-state index is -0.564. The van der Waals surface area contributed by atoms with Gasteiger partial charge in [-0.2, -0.15) is 0 Å². The number of hydrogen-bond acceptors (Lipinski definition) is 5. The van der Waals surface area contributed by atoms with Crippen molar-refractivity contribution in [3.05, 3.63) is 29.6 Å². The molecule has 1 atom stereocenters. The average Bonchev–Trinajstić information content (AvgIpc) is 2.45. The highest BCUT2D eigenvalue weighted by atomic mass is 16.5. The van der Waals surface area contributed by atoms with Crippen LogP contribution in [0, 0.1) is 6.92 Å². The van der Waals surface area contributed by atoms with Gasteiger partial charge in [0.1, 0.15) is 6.10 Å². The van der Waals surface area contributed by atoms with Gasteiger partial charge in [0.15, 0.2) is 5.84 Å². The second kappa shape index (κ2) is 5.66. The summed E-state index contributed by atoms with van der Waals surface area (Å²) in [5, 5.41) is 11.6. The lowest BCUT2D eigenvalue weighted by atomic mass is 10.1. The summed E-state index contributed by atoms with van der Waals surface area (Å²) in [6.45, 7) is 2.94. The highest BCUT2D eigenvalue weighted by Gasteiger charge is 2.27. The molecule has 1 unspecified atom stereocenters. The predicted molar refractivity (Wildman–Crippen MR) is 68.0 cm³/mol. The highest BCUT2D eigenvalue weighted by Crippen LogP contribution is 2.11. The Balaban J connectivity index is 2.11. The molecule has 0 radical (unpaired) electrons. The molecule has 102 valence electrons. The number of ether oxygens (including phenoxy) is 1. The Kier molecular flexibility index (Phi) is 3.96. The van der Waals surface area contributed by atoms with E-state index >= 15 is 0 Å². The van der Waals surface area contributed by atoms with Crippen LogP contribution < -0.4 is 5.73 Å². The number of pyridine rings is 1. The highest BCUT2D eigenvalue weighted by molar-refractivity contribution is 5.95. The largest absolute Gasteiger partial charge is 0.409 e. The van der Waals surface area contributed by atoms with Crippen LogP contribution in [0.4, 0.5) is 0 Å². The number of morpholine rings is 1. The number of aromatic nitrogens is 1. The van der Waals surface area contributed by atoms with E-state index in [0.29, 0.717) is 18.7 Å². The Bertz CT molecular complexity index is 504.